The Morgan fingerprint density at radius 2 is 1.67 bits per heavy atom. The molecular formula is C28H30N2O3. The van der Waals surface area contributed by atoms with Crippen LogP contribution < -0.4 is 15.0 Å². The highest BCUT2D eigenvalue weighted by Crippen LogP contribution is 2.38. The van der Waals surface area contributed by atoms with Crippen molar-refractivity contribution in [3.63, 3.8) is 0 Å². The first kappa shape index (κ1) is 22.6. The Bertz CT molecular complexity index is 1150. The van der Waals surface area contributed by atoms with Crippen molar-refractivity contribution >= 4 is 23.2 Å². The minimum Gasteiger partial charge on any atom is -0.490 e. The van der Waals surface area contributed by atoms with Gasteiger partial charge in [0.05, 0.1) is 11.1 Å². The molecule has 1 N–H and O–H groups in total. The molecule has 0 saturated carbocycles. The summed E-state index contributed by atoms with van der Waals surface area (Å²) >= 11 is 0. The van der Waals surface area contributed by atoms with Crippen LogP contribution in [0.4, 0.5) is 11.4 Å². The second-order valence-electron chi connectivity index (χ2n) is 9.56. The van der Waals surface area contributed by atoms with E-state index >= 15 is 0 Å². The van der Waals surface area contributed by atoms with E-state index in [2.05, 4.69) is 19.2 Å². The second kappa shape index (κ2) is 9.10. The van der Waals surface area contributed by atoms with Gasteiger partial charge >= 0.3 is 0 Å². The van der Waals surface area contributed by atoms with Crippen molar-refractivity contribution in [2.24, 2.45) is 11.3 Å². The number of nitrogens with one attached hydrogen (secondary N) is 1. The van der Waals surface area contributed by atoms with Crippen molar-refractivity contribution in [2.75, 3.05) is 23.4 Å². The lowest BCUT2D eigenvalue weighted by molar-refractivity contribution is -0.127. The van der Waals surface area contributed by atoms with Gasteiger partial charge < -0.3 is 15.0 Å². The van der Waals surface area contributed by atoms with Crippen LogP contribution in [0.1, 0.15) is 38.1 Å². The van der Waals surface area contributed by atoms with Gasteiger partial charge in [0.15, 0.2) is 0 Å². The van der Waals surface area contributed by atoms with Crippen molar-refractivity contribution in [2.45, 2.75) is 27.7 Å². The Labute approximate surface area is 195 Å². The number of hydrogen-bond acceptors (Lipinski definition) is 3. The lowest BCUT2D eigenvalue weighted by atomic mass is 9.92. The van der Waals surface area contributed by atoms with Gasteiger partial charge in [-0.05, 0) is 61.2 Å². The number of amides is 2. The van der Waals surface area contributed by atoms with Crippen molar-refractivity contribution in [3.8, 4) is 16.9 Å². The molecule has 0 fully saturated rings. The summed E-state index contributed by atoms with van der Waals surface area (Å²) in [5, 5.41) is 2.96. The normalized spacial score (nSPS) is 14.9. The summed E-state index contributed by atoms with van der Waals surface area (Å²) in [6.07, 6.45) is 0. The number of benzene rings is 3. The van der Waals surface area contributed by atoms with Crippen LogP contribution >= 0.6 is 0 Å². The maximum atomic E-state index is 13.2. The molecule has 0 spiro atoms. The molecule has 4 rings (SSSR count). The molecule has 0 radical (unpaired) electrons. The van der Waals surface area contributed by atoms with Gasteiger partial charge in [0.1, 0.15) is 12.4 Å². The molecule has 1 heterocycles. The number of fused-ring (bicyclic) bond motifs is 1. The number of nitrogens with zero attached hydrogens (tertiary/aromatic N) is 1. The van der Waals surface area contributed by atoms with Gasteiger partial charge in [-0.15, -0.1) is 0 Å². The van der Waals surface area contributed by atoms with Gasteiger partial charge in [-0.3, -0.25) is 9.59 Å². The number of carbonyl (C=O) groups is 2. The summed E-state index contributed by atoms with van der Waals surface area (Å²) in [5.74, 6) is 0.762. The fourth-order valence-electron chi connectivity index (χ4n) is 3.92. The van der Waals surface area contributed by atoms with Gasteiger partial charge in [0, 0.05) is 17.8 Å². The minimum atomic E-state index is -0.627. The molecule has 33 heavy (non-hydrogen) atoms. The summed E-state index contributed by atoms with van der Waals surface area (Å²) in [4.78, 5) is 27.9. The van der Waals surface area contributed by atoms with Gasteiger partial charge in [0.2, 0.25) is 5.91 Å². The summed E-state index contributed by atoms with van der Waals surface area (Å²) in [5.41, 5.74) is 3.41. The maximum Gasteiger partial charge on any atom is 0.255 e. The van der Waals surface area contributed by atoms with Crippen molar-refractivity contribution < 1.29 is 14.3 Å². The van der Waals surface area contributed by atoms with Crippen LogP contribution in [0.2, 0.25) is 0 Å². The predicted molar refractivity (Wildman–Crippen MR) is 133 cm³/mol. The van der Waals surface area contributed by atoms with Crippen molar-refractivity contribution in [1.82, 2.24) is 0 Å². The Morgan fingerprint density at radius 1 is 1.00 bits per heavy atom. The molecule has 5 nitrogen and oxygen atoms in total. The van der Waals surface area contributed by atoms with E-state index in [1.54, 1.807) is 4.90 Å². The molecule has 0 saturated heterocycles. The summed E-state index contributed by atoms with van der Waals surface area (Å²) < 4.78 is 5.97. The average molecular weight is 443 g/mol. The van der Waals surface area contributed by atoms with E-state index < -0.39 is 5.41 Å². The molecule has 2 amide bonds. The zero-order chi connectivity index (χ0) is 23.6. The Kier molecular flexibility index (Phi) is 6.23. The van der Waals surface area contributed by atoms with Gasteiger partial charge in [-0.25, -0.2) is 0 Å². The second-order valence-corrected chi connectivity index (χ2v) is 9.56. The van der Waals surface area contributed by atoms with Crippen LogP contribution in [0.3, 0.4) is 0 Å². The molecule has 3 aromatic rings. The van der Waals surface area contributed by atoms with Gasteiger partial charge in [0.25, 0.3) is 5.91 Å². The monoisotopic (exact) mass is 442 g/mol. The largest absolute Gasteiger partial charge is 0.490 e. The number of hydrogen-bond donors (Lipinski definition) is 1. The molecule has 0 unspecified atom stereocenters. The predicted octanol–water partition coefficient (Wildman–Crippen LogP) is 6.01. The molecule has 0 atom stereocenters. The van der Waals surface area contributed by atoms with Crippen molar-refractivity contribution in [1.29, 1.82) is 0 Å². The number of rotatable bonds is 5. The van der Waals surface area contributed by atoms with Crippen LogP contribution in [0, 0.1) is 11.3 Å². The fourth-order valence-corrected chi connectivity index (χ4v) is 3.92. The Balaban J connectivity index is 1.57. The molecule has 0 aromatic heterocycles. The number of carbonyl (C=O) groups excluding carboxylic acids is 2. The molecule has 1 aliphatic rings. The first-order chi connectivity index (χ1) is 15.7. The lowest BCUT2D eigenvalue weighted by Crippen LogP contribution is -2.43. The van der Waals surface area contributed by atoms with Crippen LogP contribution in [-0.4, -0.2) is 25.0 Å². The molecular weight excluding hydrogens is 412 g/mol. The third-order valence-electron chi connectivity index (χ3n) is 5.72. The first-order valence-corrected chi connectivity index (χ1v) is 11.3. The van der Waals surface area contributed by atoms with E-state index in [4.69, 9.17) is 4.74 Å². The number of anilines is 2. The van der Waals surface area contributed by atoms with Crippen molar-refractivity contribution in [3.05, 3.63) is 78.4 Å². The van der Waals surface area contributed by atoms with Gasteiger partial charge in [-0.1, -0.05) is 56.3 Å². The minimum absolute atomic E-state index is 0.0231. The van der Waals surface area contributed by atoms with E-state index in [9.17, 15) is 9.59 Å². The maximum absolute atomic E-state index is 13.2. The van der Waals surface area contributed by atoms with Crippen LogP contribution in [0.5, 0.6) is 5.75 Å². The highest BCUT2D eigenvalue weighted by atomic mass is 16.5. The third-order valence-corrected chi connectivity index (χ3v) is 5.72. The highest BCUT2D eigenvalue weighted by Gasteiger charge is 2.38. The molecule has 5 heteroatoms. The Hall–Kier alpha value is -3.60. The summed E-state index contributed by atoms with van der Waals surface area (Å²) in [7, 11) is 0. The van der Waals surface area contributed by atoms with E-state index in [0.717, 1.165) is 11.1 Å². The molecule has 0 bridgehead atoms. The van der Waals surface area contributed by atoms with E-state index in [1.165, 1.54) is 0 Å². The lowest BCUT2D eigenvalue weighted by Gasteiger charge is -2.29. The fraction of sp³-hybridized carbons (Fsp3) is 0.286. The van der Waals surface area contributed by atoms with Crippen LogP contribution in [0.15, 0.2) is 72.8 Å². The zero-order valence-electron chi connectivity index (χ0n) is 19.6. The number of ether oxygens (including phenoxy) is 1. The van der Waals surface area contributed by atoms with Gasteiger partial charge in [-0.2, -0.15) is 0 Å². The van der Waals surface area contributed by atoms with Crippen LogP contribution in [0.25, 0.3) is 11.1 Å². The van der Waals surface area contributed by atoms with E-state index in [-0.39, 0.29) is 17.7 Å². The third kappa shape index (κ3) is 4.92. The molecule has 170 valence electrons. The van der Waals surface area contributed by atoms with E-state index in [0.29, 0.717) is 35.8 Å². The van der Waals surface area contributed by atoms with E-state index in [1.807, 2.05) is 86.6 Å². The molecule has 3 aromatic carbocycles. The first-order valence-electron chi connectivity index (χ1n) is 11.3. The van der Waals surface area contributed by atoms with Crippen LogP contribution in [-0.2, 0) is 4.79 Å². The zero-order valence-corrected chi connectivity index (χ0v) is 19.6. The molecule has 1 aliphatic heterocycles. The standard InChI is InChI=1S/C28H30N2O3/c1-19(2)17-30-24-16-23(14-15-25(24)33-18-28(3,4)27(30)32)29-26(31)22-12-10-21(11-13-22)20-8-6-5-7-9-20/h5-16,19H,17-18H2,1-4H3,(H,29,31). The summed E-state index contributed by atoms with van der Waals surface area (Å²) in [6.45, 7) is 8.85. The SMILES string of the molecule is CC(C)CN1C(=O)C(C)(C)COc2ccc(NC(=O)c3ccc(-c4ccccc4)cc3)cc21. The Morgan fingerprint density at radius 3 is 2.33 bits per heavy atom. The average Bonchev–Trinajstić information content (AvgIpc) is 2.89. The summed E-state index contributed by atoms with van der Waals surface area (Å²) in [6, 6.07) is 23.0. The topological polar surface area (TPSA) is 58.6 Å². The quantitative estimate of drug-likeness (QED) is 0.526. The molecule has 0 aliphatic carbocycles. The smallest absolute Gasteiger partial charge is 0.255 e. The highest BCUT2D eigenvalue weighted by molar-refractivity contribution is 6.05.